The van der Waals surface area contributed by atoms with E-state index in [1.807, 2.05) is 62.6 Å². The molecule has 1 N–H and O–H groups in total. The molecule has 0 unspecified atom stereocenters. The molecule has 0 fully saturated rings. The number of sulfonamides is 1. The van der Waals surface area contributed by atoms with E-state index in [4.69, 9.17) is 0 Å². The molecule has 0 saturated heterocycles. The third-order valence-electron chi connectivity index (χ3n) is 4.81. The zero-order chi connectivity index (χ0) is 21.7. The lowest BCUT2D eigenvalue weighted by Crippen LogP contribution is -2.38. The summed E-state index contributed by atoms with van der Waals surface area (Å²) in [6, 6.07) is 20.5. The standard InChI is InChI=1S/C23H27N3O3S/c1-25(2)16-19-10-8-18(9-11-19)15-24-23(27)17-26(3)30(28,29)22-13-12-20-6-4-5-7-21(20)14-22/h4-14H,15-17H2,1-3H3,(H,24,27). The third kappa shape index (κ3) is 5.44. The minimum absolute atomic E-state index is 0.174. The maximum atomic E-state index is 12.9. The first kappa shape index (κ1) is 22.0. The van der Waals surface area contributed by atoms with Crippen LogP contribution in [0.3, 0.4) is 0 Å². The van der Waals surface area contributed by atoms with Crippen LogP contribution in [0.5, 0.6) is 0 Å². The largest absolute Gasteiger partial charge is 0.351 e. The molecule has 0 saturated carbocycles. The molecule has 0 spiro atoms. The minimum Gasteiger partial charge on any atom is -0.351 e. The molecule has 0 heterocycles. The van der Waals surface area contributed by atoms with Crippen LogP contribution in [0.2, 0.25) is 0 Å². The first-order chi connectivity index (χ1) is 14.3. The number of nitrogens with zero attached hydrogens (tertiary/aromatic N) is 2. The number of rotatable bonds is 8. The van der Waals surface area contributed by atoms with E-state index in [2.05, 4.69) is 10.2 Å². The molecular formula is C23H27N3O3S. The summed E-state index contributed by atoms with van der Waals surface area (Å²) in [5.41, 5.74) is 2.15. The predicted molar refractivity (Wildman–Crippen MR) is 119 cm³/mol. The Morgan fingerprint density at radius 2 is 1.50 bits per heavy atom. The molecule has 0 aromatic heterocycles. The summed E-state index contributed by atoms with van der Waals surface area (Å²) in [4.78, 5) is 14.6. The first-order valence-corrected chi connectivity index (χ1v) is 11.1. The highest BCUT2D eigenvalue weighted by atomic mass is 32.2. The Kier molecular flexibility index (Phi) is 6.87. The van der Waals surface area contributed by atoms with Crippen molar-refractivity contribution in [1.29, 1.82) is 0 Å². The third-order valence-corrected chi connectivity index (χ3v) is 6.61. The molecule has 6 nitrogen and oxygen atoms in total. The second kappa shape index (κ2) is 9.38. The van der Waals surface area contributed by atoms with Crippen LogP contribution >= 0.6 is 0 Å². The van der Waals surface area contributed by atoms with Crippen molar-refractivity contribution >= 4 is 26.7 Å². The summed E-state index contributed by atoms with van der Waals surface area (Å²) >= 11 is 0. The van der Waals surface area contributed by atoms with Crippen molar-refractivity contribution < 1.29 is 13.2 Å². The van der Waals surface area contributed by atoms with Crippen LogP contribution in [-0.2, 0) is 27.9 Å². The summed E-state index contributed by atoms with van der Waals surface area (Å²) in [7, 11) is 1.68. The second-order valence-corrected chi connectivity index (χ2v) is 9.65. The van der Waals surface area contributed by atoms with Gasteiger partial charge in [-0.05, 0) is 48.1 Å². The van der Waals surface area contributed by atoms with Crippen molar-refractivity contribution in [2.24, 2.45) is 0 Å². The Balaban J connectivity index is 1.59. The molecule has 3 aromatic carbocycles. The Morgan fingerprint density at radius 1 is 0.867 bits per heavy atom. The van der Waals surface area contributed by atoms with E-state index in [1.54, 1.807) is 18.2 Å². The van der Waals surface area contributed by atoms with Crippen molar-refractivity contribution in [1.82, 2.24) is 14.5 Å². The van der Waals surface area contributed by atoms with E-state index < -0.39 is 10.0 Å². The highest BCUT2D eigenvalue weighted by Crippen LogP contribution is 2.21. The van der Waals surface area contributed by atoms with E-state index in [0.717, 1.165) is 27.2 Å². The van der Waals surface area contributed by atoms with E-state index in [1.165, 1.54) is 12.6 Å². The lowest BCUT2D eigenvalue weighted by molar-refractivity contribution is -0.121. The number of carbonyl (C=O) groups excluding carboxylic acids is 1. The van der Waals surface area contributed by atoms with Crippen LogP contribution < -0.4 is 5.32 Å². The van der Waals surface area contributed by atoms with Gasteiger partial charge < -0.3 is 10.2 Å². The average Bonchev–Trinajstić information content (AvgIpc) is 2.72. The molecule has 7 heteroatoms. The van der Waals surface area contributed by atoms with E-state index >= 15 is 0 Å². The maximum absolute atomic E-state index is 12.9. The highest BCUT2D eigenvalue weighted by Gasteiger charge is 2.23. The normalized spacial score (nSPS) is 11.9. The van der Waals surface area contributed by atoms with Crippen molar-refractivity contribution in [3.05, 3.63) is 77.9 Å². The summed E-state index contributed by atoms with van der Waals surface area (Å²) in [6.07, 6.45) is 0. The fraction of sp³-hybridized carbons (Fsp3) is 0.261. The minimum atomic E-state index is -3.76. The van der Waals surface area contributed by atoms with E-state index in [9.17, 15) is 13.2 Å². The molecule has 0 radical (unpaired) electrons. The van der Waals surface area contributed by atoms with Gasteiger partial charge in [-0.1, -0.05) is 54.6 Å². The number of nitrogens with one attached hydrogen (secondary N) is 1. The van der Waals surface area contributed by atoms with Gasteiger partial charge in [0.2, 0.25) is 15.9 Å². The van der Waals surface area contributed by atoms with Crippen LogP contribution in [0.1, 0.15) is 11.1 Å². The van der Waals surface area contributed by atoms with Crippen LogP contribution in [-0.4, -0.2) is 51.2 Å². The van der Waals surface area contributed by atoms with Crippen LogP contribution in [0.4, 0.5) is 0 Å². The zero-order valence-corrected chi connectivity index (χ0v) is 18.3. The number of benzene rings is 3. The van der Waals surface area contributed by atoms with Crippen molar-refractivity contribution in [3.8, 4) is 0 Å². The van der Waals surface area contributed by atoms with Gasteiger partial charge in [0.15, 0.2) is 0 Å². The lowest BCUT2D eigenvalue weighted by atomic mass is 10.1. The SMILES string of the molecule is CN(C)Cc1ccc(CNC(=O)CN(C)S(=O)(=O)c2ccc3ccccc3c2)cc1. The quantitative estimate of drug-likeness (QED) is 0.603. The van der Waals surface area contributed by atoms with Gasteiger partial charge in [-0.25, -0.2) is 8.42 Å². The van der Waals surface area contributed by atoms with Gasteiger partial charge in [0, 0.05) is 20.1 Å². The number of hydrogen-bond donors (Lipinski definition) is 1. The first-order valence-electron chi connectivity index (χ1n) is 9.70. The lowest BCUT2D eigenvalue weighted by Gasteiger charge is -2.17. The summed E-state index contributed by atoms with van der Waals surface area (Å²) in [5.74, 6) is -0.348. The zero-order valence-electron chi connectivity index (χ0n) is 17.5. The Hall–Kier alpha value is -2.74. The van der Waals surface area contributed by atoms with Gasteiger partial charge in [-0.15, -0.1) is 0 Å². The molecule has 158 valence electrons. The molecule has 3 aromatic rings. The molecule has 0 atom stereocenters. The van der Waals surface area contributed by atoms with Crippen LogP contribution in [0, 0.1) is 0 Å². The van der Waals surface area contributed by atoms with Crippen molar-refractivity contribution in [3.63, 3.8) is 0 Å². The molecule has 0 aliphatic heterocycles. The van der Waals surface area contributed by atoms with Gasteiger partial charge in [0.1, 0.15) is 0 Å². The van der Waals surface area contributed by atoms with Gasteiger partial charge in [0.25, 0.3) is 0 Å². The molecule has 3 rings (SSSR count). The number of fused-ring (bicyclic) bond motifs is 1. The Labute approximate surface area is 178 Å². The maximum Gasteiger partial charge on any atom is 0.243 e. The monoisotopic (exact) mass is 425 g/mol. The number of carbonyl (C=O) groups is 1. The van der Waals surface area contributed by atoms with E-state index in [-0.39, 0.29) is 17.3 Å². The summed E-state index contributed by atoms with van der Waals surface area (Å²) < 4.78 is 26.8. The Bertz CT molecular complexity index is 1130. The predicted octanol–water partition coefficient (Wildman–Crippen LogP) is 2.84. The summed E-state index contributed by atoms with van der Waals surface area (Å²) in [6.45, 7) is 0.961. The smallest absolute Gasteiger partial charge is 0.243 e. The van der Waals surface area contributed by atoms with Gasteiger partial charge in [0.05, 0.1) is 11.4 Å². The number of likely N-dealkylation sites (N-methyl/N-ethyl adjacent to an activating group) is 1. The van der Waals surface area contributed by atoms with Crippen LogP contribution in [0.25, 0.3) is 10.8 Å². The average molecular weight is 426 g/mol. The van der Waals surface area contributed by atoms with Crippen molar-refractivity contribution in [2.75, 3.05) is 27.7 Å². The van der Waals surface area contributed by atoms with Gasteiger partial charge >= 0.3 is 0 Å². The van der Waals surface area contributed by atoms with E-state index in [0.29, 0.717) is 6.54 Å². The molecule has 30 heavy (non-hydrogen) atoms. The molecule has 0 aliphatic carbocycles. The fourth-order valence-electron chi connectivity index (χ4n) is 3.18. The highest BCUT2D eigenvalue weighted by molar-refractivity contribution is 7.89. The summed E-state index contributed by atoms with van der Waals surface area (Å²) in [5, 5.41) is 4.60. The molecule has 1 amide bonds. The van der Waals surface area contributed by atoms with Gasteiger partial charge in [-0.3, -0.25) is 4.79 Å². The van der Waals surface area contributed by atoms with Crippen LogP contribution in [0.15, 0.2) is 71.6 Å². The molecule has 0 bridgehead atoms. The fourth-order valence-corrected chi connectivity index (χ4v) is 4.34. The van der Waals surface area contributed by atoms with Gasteiger partial charge in [-0.2, -0.15) is 4.31 Å². The topological polar surface area (TPSA) is 69.7 Å². The van der Waals surface area contributed by atoms with Crippen molar-refractivity contribution in [2.45, 2.75) is 18.0 Å². The number of amides is 1. The molecular weight excluding hydrogens is 398 g/mol. The number of hydrogen-bond acceptors (Lipinski definition) is 4. The molecule has 0 aliphatic rings. The Morgan fingerprint density at radius 3 is 2.17 bits per heavy atom. The second-order valence-electron chi connectivity index (χ2n) is 7.60.